The predicted molar refractivity (Wildman–Crippen MR) is 102 cm³/mol. The highest BCUT2D eigenvalue weighted by molar-refractivity contribution is 7.08. The van der Waals surface area contributed by atoms with Crippen molar-refractivity contribution in [1.82, 2.24) is 15.1 Å². The number of carbonyl (C=O) groups is 2. The number of nitrogens with one attached hydrogen (secondary N) is 2. The molecule has 2 amide bonds. The van der Waals surface area contributed by atoms with Gasteiger partial charge in [0.15, 0.2) is 0 Å². The molecule has 0 spiro atoms. The highest BCUT2D eigenvalue weighted by Crippen LogP contribution is 2.22. The second-order valence-electron chi connectivity index (χ2n) is 6.12. The van der Waals surface area contributed by atoms with Gasteiger partial charge in [-0.15, -0.1) is 0 Å². The summed E-state index contributed by atoms with van der Waals surface area (Å²) in [7, 11) is 0. The normalized spacial score (nSPS) is 11.8. The fourth-order valence-corrected chi connectivity index (χ4v) is 3.50. The van der Waals surface area contributed by atoms with Gasteiger partial charge in [0.25, 0.3) is 0 Å². The molecule has 2 N–H and O–H groups in total. The third-order valence-corrected chi connectivity index (χ3v) is 4.71. The summed E-state index contributed by atoms with van der Waals surface area (Å²) in [4.78, 5) is 24.2. The summed E-state index contributed by atoms with van der Waals surface area (Å²) in [6.45, 7) is 4.05. The van der Waals surface area contributed by atoms with Crippen molar-refractivity contribution >= 4 is 28.8 Å². The van der Waals surface area contributed by atoms with Crippen molar-refractivity contribution < 1.29 is 14.0 Å². The van der Waals surface area contributed by atoms with Gasteiger partial charge in [-0.2, -0.15) is 16.4 Å². The van der Waals surface area contributed by atoms with Crippen LogP contribution in [0.2, 0.25) is 0 Å². The molecule has 2 aromatic heterocycles. The van der Waals surface area contributed by atoms with Crippen LogP contribution < -0.4 is 10.6 Å². The monoisotopic (exact) mass is 386 g/mol. The van der Waals surface area contributed by atoms with E-state index in [0.717, 1.165) is 23.0 Å². The number of hydrogen-bond acceptors (Lipinski definition) is 4. The van der Waals surface area contributed by atoms with Gasteiger partial charge in [0.2, 0.25) is 0 Å². The number of halogens is 1. The van der Waals surface area contributed by atoms with Crippen molar-refractivity contribution in [2.24, 2.45) is 0 Å². The number of nitrogens with zero attached hydrogens (tertiary/aromatic N) is 2. The lowest BCUT2D eigenvalue weighted by molar-refractivity contribution is -0.136. The van der Waals surface area contributed by atoms with Gasteiger partial charge in [-0.05, 0) is 60.5 Å². The number of amides is 2. The molecule has 1 atom stereocenters. The summed E-state index contributed by atoms with van der Waals surface area (Å²) in [5, 5.41) is 13.5. The van der Waals surface area contributed by atoms with Gasteiger partial charge in [-0.3, -0.25) is 14.3 Å². The number of carbonyl (C=O) groups excluding carboxylic acids is 2. The van der Waals surface area contributed by atoms with Gasteiger partial charge < -0.3 is 10.6 Å². The molecule has 1 aromatic carbocycles. The second kappa shape index (κ2) is 8.13. The Morgan fingerprint density at radius 3 is 2.67 bits per heavy atom. The Labute approximate surface area is 160 Å². The third kappa shape index (κ3) is 4.59. The van der Waals surface area contributed by atoms with Gasteiger partial charge in [0.05, 0.1) is 11.7 Å². The maximum absolute atomic E-state index is 13.2. The minimum atomic E-state index is -0.849. The zero-order valence-electron chi connectivity index (χ0n) is 14.9. The van der Waals surface area contributed by atoms with Crippen molar-refractivity contribution in [3.05, 3.63) is 69.9 Å². The zero-order valence-corrected chi connectivity index (χ0v) is 15.7. The zero-order chi connectivity index (χ0) is 19.4. The lowest BCUT2D eigenvalue weighted by Gasteiger charge is -2.19. The number of anilines is 1. The largest absolute Gasteiger partial charge is 0.345 e. The summed E-state index contributed by atoms with van der Waals surface area (Å²) < 4.78 is 15.0. The molecule has 6 nitrogen and oxygen atoms in total. The Hall–Kier alpha value is -3.00. The lowest BCUT2D eigenvalue weighted by Crippen LogP contribution is -2.39. The van der Waals surface area contributed by atoms with Crippen LogP contribution in [0.1, 0.15) is 23.0 Å². The first kappa shape index (κ1) is 18.8. The van der Waals surface area contributed by atoms with E-state index in [2.05, 4.69) is 15.7 Å². The molecule has 0 saturated heterocycles. The summed E-state index contributed by atoms with van der Waals surface area (Å²) in [5.41, 5.74) is 3.06. The number of rotatable bonds is 5. The third-order valence-electron chi connectivity index (χ3n) is 4.01. The first-order chi connectivity index (χ1) is 12.9. The highest BCUT2D eigenvalue weighted by Gasteiger charge is 2.21. The summed E-state index contributed by atoms with van der Waals surface area (Å²) >= 11 is 1.55. The fraction of sp³-hybridized carbons (Fsp3) is 0.211. The number of benzene rings is 1. The topological polar surface area (TPSA) is 76.0 Å². The van der Waals surface area contributed by atoms with E-state index >= 15 is 0 Å². The van der Waals surface area contributed by atoms with E-state index < -0.39 is 17.6 Å². The molecular weight excluding hydrogens is 367 g/mol. The molecule has 0 radical (unpaired) electrons. The molecular formula is C19H19FN4O2S. The highest BCUT2D eigenvalue weighted by atomic mass is 32.1. The van der Waals surface area contributed by atoms with Crippen molar-refractivity contribution in [2.75, 3.05) is 11.9 Å². The van der Waals surface area contributed by atoms with Crippen LogP contribution in [-0.4, -0.2) is 28.1 Å². The molecule has 3 rings (SSSR count). The number of hydrogen-bond donors (Lipinski definition) is 2. The minimum absolute atomic E-state index is 0.202. The van der Waals surface area contributed by atoms with Gasteiger partial charge in [-0.1, -0.05) is 6.07 Å². The maximum Gasteiger partial charge on any atom is 0.313 e. The molecule has 0 bridgehead atoms. The van der Waals surface area contributed by atoms with Crippen molar-refractivity contribution in [3.8, 4) is 0 Å². The predicted octanol–water partition coefficient (Wildman–Crippen LogP) is 3.04. The van der Waals surface area contributed by atoms with E-state index in [4.69, 9.17) is 0 Å². The van der Waals surface area contributed by atoms with Gasteiger partial charge in [0, 0.05) is 17.9 Å². The lowest BCUT2D eigenvalue weighted by atomic mass is 10.1. The molecule has 2 heterocycles. The van der Waals surface area contributed by atoms with Crippen LogP contribution >= 0.6 is 11.3 Å². The molecule has 27 heavy (non-hydrogen) atoms. The van der Waals surface area contributed by atoms with Crippen LogP contribution in [-0.2, 0) is 9.59 Å². The van der Waals surface area contributed by atoms with Crippen LogP contribution in [0.5, 0.6) is 0 Å². The molecule has 0 saturated carbocycles. The summed E-state index contributed by atoms with van der Waals surface area (Å²) in [6, 6.07) is 9.07. The molecule has 0 aliphatic heterocycles. The van der Waals surface area contributed by atoms with E-state index in [1.807, 2.05) is 41.4 Å². The van der Waals surface area contributed by atoms with E-state index in [1.165, 1.54) is 18.2 Å². The van der Waals surface area contributed by atoms with Crippen LogP contribution in [0.15, 0.2) is 47.2 Å². The van der Waals surface area contributed by atoms with Gasteiger partial charge in [-0.25, -0.2) is 4.39 Å². The molecule has 0 aliphatic rings. The van der Waals surface area contributed by atoms with Gasteiger partial charge >= 0.3 is 11.8 Å². The average molecular weight is 386 g/mol. The van der Waals surface area contributed by atoms with Crippen LogP contribution in [0, 0.1) is 19.7 Å². The van der Waals surface area contributed by atoms with Gasteiger partial charge in [0.1, 0.15) is 5.82 Å². The summed E-state index contributed by atoms with van der Waals surface area (Å²) in [6.07, 6.45) is 0. The van der Waals surface area contributed by atoms with E-state index in [0.29, 0.717) is 0 Å². The first-order valence-corrected chi connectivity index (χ1v) is 9.28. The number of aryl methyl sites for hydroxylation is 2. The molecule has 0 fully saturated rings. The molecule has 3 aromatic rings. The van der Waals surface area contributed by atoms with E-state index in [9.17, 15) is 14.0 Å². The van der Waals surface area contributed by atoms with Crippen molar-refractivity contribution in [1.29, 1.82) is 0 Å². The number of aromatic nitrogens is 2. The minimum Gasteiger partial charge on any atom is -0.345 e. The molecule has 0 aliphatic carbocycles. The Kier molecular flexibility index (Phi) is 5.66. The Balaban J connectivity index is 1.69. The smallest absolute Gasteiger partial charge is 0.313 e. The van der Waals surface area contributed by atoms with E-state index in [1.54, 1.807) is 11.3 Å². The Morgan fingerprint density at radius 1 is 1.22 bits per heavy atom. The van der Waals surface area contributed by atoms with E-state index in [-0.39, 0.29) is 18.3 Å². The molecule has 140 valence electrons. The SMILES string of the molecule is Cc1cc(C)n([C@H](CNC(=O)C(=O)Nc2cccc(F)c2)c2ccsc2)n1. The average Bonchev–Trinajstić information content (AvgIpc) is 3.25. The summed E-state index contributed by atoms with van der Waals surface area (Å²) in [5.74, 6) is -2.13. The first-order valence-electron chi connectivity index (χ1n) is 8.33. The Morgan fingerprint density at radius 2 is 2.04 bits per heavy atom. The molecule has 8 heteroatoms. The van der Waals surface area contributed by atoms with Crippen LogP contribution in [0.25, 0.3) is 0 Å². The van der Waals surface area contributed by atoms with Crippen LogP contribution in [0.4, 0.5) is 10.1 Å². The maximum atomic E-state index is 13.2. The van der Waals surface area contributed by atoms with Crippen LogP contribution in [0.3, 0.4) is 0 Å². The number of thiophene rings is 1. The Bertz CT molecular complexity index is 953. The molecule has 0 unspecified atom stereocenters. The quantitative estimate of drug-likeness (QED) is 0.662. The fourth-order valence-electron chi connectivity index (χ4n) is 2.80. The van der Waals surface area contributed by atoms with Crippen molar-refractivity contribution in [3.63, 3.8) is 0 Å². The standard InChI is InChI=1S/C19H19FN4O2S/c1-12-8-13(2)24(23-12)17(14-6-7-27-11-14)10-21-18(25)19(26)22-16-5-3-4-15(20)9-16/h3-9,11,17H,10H2,1-2H3,(H,21,25)(H,22,26)/t17-/m1/s1. The van der Waals surface area contributed by atoms with Crippen molar-refractivity contribution in [2.45, 2.75) is 19.9 Å². The second-order valence-corrected chi connectivity index (χ2v) is 6.90.